The zero-order valence-electron chi connectivity index (χ0n) is 18.3. The Labute approximate surface area is 186 Å². The molecular formula is C23H27NO8. The molecule has 2 N–H and O–H groups in total. The largest absolute Gasteiger partial charge is 0.493 e. The summed E-state index contributed by atoms with van der Waals surface area (Å²) in [6.07, 6.45) is -1.67. The van der Waals surface area contributed by atoms with Gasteiger partial charge in [0, 0.05) is 23.7 Å². The van der Waals surface area contributed by atoms with Gasteiger partial charge in [0.25, 0.3) is 0 Å². The van der Waals surface area contributed by atoms with Crippen molar-refractivity contribution in [3.05, 3.63) is 47.5 Å². The van der Waals surface area contributed by atoms with E-state index < -0.39 is 18.2 Å². The maximum absolute atomic E-state index is 12.3. The van der Waals surface area contributed by atoms with Crippen molar-refractivity contribution < 1.29 is 38.4 Å². The van der Waals surface area contributed by atoms with E-state index in [0.717, 1.165) is 5.56 Å². The summed E-state index contributed by atoms with van der Waals surface area (Å²) in [6, 6.07) is 10.3. The van der Waals surface area contributed by atoms with Crippen molar-refractivity contribution in [2.45, 2.75) is 46.0 Å². The van der Waals surface area contributed by atoms with Crippen LogP contribution >= 0.6 is 0 Å². The fourth-order valence-electron chi connectivity index (χ4n) is 3.18. The highest BCUT2D eigenvalue weighted by molar-refractivity contribution is 5.85. The number of amides is 1. The zero-order chi connectivity index (χ0) is 23.1. The maximum atomic E-state index is 12.3. The Kier molecular flexibility index (Phi) is 7.77. The molecule has 0 bridgehead atoms. The fraction of sp³-hybridized carbons (Fsp3) is 0.391. The predicted octanol–water partition coefficient (Wildman–Crippen LogP) is 3.98. The minimum atomic E-state index is -1.03. The van der Waals surface area contributed by atoms with E-state index in [2.05, 4.69) is 5.32 Å². The summed E-state index contributed by atoms with van der Waals surface area (Å²) < 4.78 is 27.0. The van der Waals surface area contributed by atoms with Gasteiger partial charge in [-0.05, 0) is 50.6 Å². The second-order valence-corrected chi connectivity index (χ2v) is 7.36. The smallest absolute Gasteiger partial charge is 0.411 e. The molecule has 0 spiro atoms. The molecular weight excluding hydrogens is 418 g/mol. The third-order valence-electron chi connectivity index (χ3n) is 4.54. The molecule has 32 heavy (non-hydrogen) atoms. The normalized spacial score (nSPS) is 13.0. The van der Waals surface area contributed by atoms with Crippen molar-refractivity contribution >= 4 is 17.7 Å². The van der Waals surface area contributed by atoms with Crippen molar-refractivity contribution in [2.75, 3.05) is 18.7 Å². The van der Waals surface area contributed by atoms with E-state index in [4.69, 9.17) is 23.7 Å². The molecule has 0 aliphatic carbocycles. The topological polar surface area (TPSA) is 113 Å². The van der Waals surface area contributed by atoms with Crippen molar-refractivity contribution in [1.29, 1.82) is 0 Å². The number of fused-ring (bicyclic) bond motifs is 1. The Balaban J connectivity index is 1.66. The molecule has 172 valence electrons. The predicted molar refractivity (Wildman–Crippen MR) is 115 cm³/mol. The van der Waals surface area contributed by atoms with Gasteiger partial charge >= 0.3 is 12.1 Å². The molecule has 2 aromatic carbocycles. The second kappa shape index (κ2) is 10.7. The summed E-state index contributed by atoms with van der Waals surface area (Å²) >= 11 is 0. The van der Waals surface area contributed by atoms with Crippen LogP contribution in [0.1, 0.15) is 31.9 Å². The molecule has 0 radical (unpaired) electrons. The molecule has 0 saturated carbocycles. The first-order valence-electron chi connectivity index (χ1n) is 10.3. The van der Waals surface area contributed by atoms with E-state index in [1.807, 2.05) is 6.92 Å². The number of carboxylic acid groups (broad SMARTS) is 1. The lowest BCUT2D eigenvalue weighted by atomic mass is 10.0. The number of hydrogen-bond acceptors (Lipinski definition) is 7. The van der Waals surface area contributed by atoms with Gasteiger partial charge in [0.15, 0.2) is 17.6 Å². The lowest BCUT2D eigenvalue weighted by Gasteiger charge is -2.18. The maximum Gasteiger partial charge on any atom is 0.411 e. The number of nitrogens with one attached hydrogen (secondary N) is 1. The SMILES string of the molecule is CCOc1ccc(CC(OC(C)C)C(=O)O)cc1COC(=O)Nc1ccc2c(c1)OCO2. The van der Waals surface area contributed by atoms with Crippen LogP contribution < -0.4 is 19.5 Å². The molecule has 1 amide bonds. The molecule has 0 aromatic heterocycles. The molecule has 1 atom stereocenters. The van der Waals surface area contributed by atoms with Crippen LogP contribution in [0.4, 0.5) is 10.5 Å². The summed E-state index contributed by atoms with van der Waals surface area (Å²) in [5, 5.41) is 12.1. The first kappa shape index (κ1) is 23.2. The zero-order valence-corrected chi connectivity index (χ0v) is 18.3. The number of carbonyl (C=O) groups is 2. The molecule has 3 rings (SSSR count). The molecule has 9 nitrogen and oxygen atoms in total. The van der Waals surface area contributed by atoms with Crippen LogP contribution in [-0.4, -0.2) is 42.8 Å². The Morgan fingerprint density at radius 1 is 1.12 bits per heavy atom. The Bertz CT molecular complexity index is 959. The van der Waals surface area contributed by atoms with Gasteiger partial charge in [0.2, 0.25) is 6.79 Å². The van der Waals surface area contributed by atoms with E-state index in [1.165, 1.54) is 0 Å². The quantitative estimate of drug-likeness (QED) is 0.565. The first-order valence-corrected chi connectivity index (χ1v) is 10.3. The van der Waals surface area contributed by atoms with Gasteiger partial charge in [-0.2, -0.15) is 0 Å². The Morgan fingerprint density at radius 2 is 1.91 bits per heavy atom. The van der Waals surface area contributed by atoms with Gasteiger partial charge in [0.1, 0.15) is 12.4 Å². The summed E-state index contributed by atoms with van der Waals surface area (Å²) in [4.78, 5) is 23.8. The van der Waals surface area contributed by atoms with E-state index in [9.17, 15) is 14.7 Å². The van der Waals surface area contributed by atoms with Crippen LogP contribution in [0.15, 0.2) is 36.4 Å². The van der Waals surface area contributed by atoms with Gasteiger partial charge in [-0.15, -0.1) is 0 Å². The minimum absolute atomic E-state index is 0.0532. The van der Waals surface area contributed by atoms with Gasteiger partial charge in [-0.25, -0.2) is 9.59 Å². The number of carbonyl (C=O) groups excluding carboxylic acids is 1. The third-order valence-corrected chi connectivity index (χ3v) is 4.54. The molecule has 2 aromatic rings. The third kappa shape index (κ3) is 6.27. The summed E-state index contributed by atoms with van der Waals surface area (Å²) in [5.41, 5.74) is 1.86. The van der Waals surface area contributed by atoms with Crippen LogP contribution in [-0.2, 0) is 27.3 Å². The average molecular weight is 445 g/mol. The molecule has 0 fully saturated rings. The number of benzene rings is 2. The Hall–Kier alpha value is -3.46. The molecule has 1 aliphatic rings. The van der Waals surface area contributed by atoms with Crippen molar-refractivity contribution in [1.82, 2.24) is 0 Å². The van der Waals surface area contributed by atoms with Crippen LogP contribution in [0.3, 0.4) is 0 Å². The van der Waals surface area contributed by atoms with Crippen LogP contribution in [0.2, 0.25) is 0 Å². The fourth-order valence-corrected chi connectivity index (χ4v) is 3.18. The molecule has 1 heterocycles. The monoisotopic (exact) mass is 445 g/mol. The van der Waals surface area contributed by atoms with E-state index in [0.29, 0.717) is 35.1 Å². The number of anilines is 1. The average Bonchev–Trinajstić information content (AvgIpc) is 3.21. The van der Waals surface area contributed by atoms with Crippen molar-refractivity contribution in [3.63, 3.8) is 0 Å². The standard InChI is InChI=1S/C23H27NO8/c1-4-28-18-7-5-15(10-21(22(25)26)32-14(2)3)9-16(18)12-29-23(27)24-17-6-8-19-20(11-17)31-13-30-19/h5-9,11,14,21H,4,10,12-13H2,1-3H3,(H,24,27)(H,25,26). The summed E-state index contributed by atoms with van der Waals surface area (Å²) in [5.74, 6) is 0.686. The van der Waals surface area contributed by atoms with Gasteiger partial charge in [-0.3, -0.25) is 5.32 Å². The molecule has 1 unspecified atom stereocenters. The minimum Gasteiger partial charge on any atom is -0.493 e. The lowest BCUT2D eigenvalue weighted by Crippen LogP contribution is -2.29. The lowest BCUT2D eigenvalue weighted by molar-refractivity contribution is -0.153. The summed E-state index contributed by atoms with van der Waals surface area (Å²) in [6.45, 7) is 5.94. The van der Waals surface area contributed by atoms with Crippen LogP contribution in [0.5, 0.6) is 17.2 Å². The van der Waals surface area contributed by atoms with E-state index in [-0.39, 0.29) is 25.9 Å². The number of rotatable bonds is 10. The number of ether oxygens (including phenoxy) is 5. The number of hydrogen-bond donors (Lipinski definition) is 2. The van der Waals surface area contributed by atoms with Crippen LogP contribution in [0, 0.1) is 0 Å². The van der Waals surface area contributed by atoms with E-state index >= 15 is 0 Å². The van der Waals surface area contributed by atoms with Crippen molar-refractivity contribution in [2.24, 2.45) is 0 Å². The van der Waals surface area contributed by atoms with Crippen molar-refractivity contribution in [3.8, 4) is 17.2 Å². The van der Waals surface area contributed by atoms with Gasteiger partial charge in [-0.1, -0.05) is 6.07 Å². The highest BCUT2D eigenvalue weighted by Crippen LogP contribution is 2.34. The second-order valence-electron chi connectivity index (χ2n) is 7.36. The highest BCUT2D eigenvalue weighted by Gasteiger charge is 2.21. The summed E-state index contributed by atoms with van der Waals surface area (Å²) in [7, 11) is 0. The number of aliphatic carboxylic acids is 1. The van der Waals surface area contributed by atoms with Crippen LogP contribution in [0.25, 0.3) is 0 Å². The number of carboxylic acids is 1. The molecule has 1 aliphatic heterocycles. The highest BCUT2D eigenvalue weighted by atomic mass is 16.7. The van der Waals surface area contributed by atoms with Gasteiger partial charge < -0.3 is 28.8 Å². The van der Waals surface area contributed by atoms with E-state index in [1.54, 1.807) is 50.2 Å². The molecule has 9 heteroatoms. The Morgan fingerprint density at radius 3 is 2.62 bits per heavy atom. The molecule has 0 saturated heterocycles. The first-order chi connectivity index (χ1) is 15.4. The van der Waals surface area contributed by atoms with Gasteiger partial charge in [0.05, 0.1) is 12.7 Å².